The second-order valence-electron chi connectivity index (χ2n) is 4.09. The van der Waals surface area contributed by atoms with Crippen LogP contribution in [0.2, 0.25) is 0 Å². The van der Waals surface area contributed by atoms with Gasteiger partial charge in [-0.15, -0.1) is 0 Å². The minimum absolute atomic E-state index is 0.0555. The lowest BCUT2D eigenvalue weighted by molar-refractivity contribution is 0.469. The maximum Gasteiger partial charge on any atom is 0.261 e. The lowest BCUT2D eigenvalue weighted by Crippen LogP contribution is -2.14. The molecule has 0 amide bonds. The molecule has 4 nitrogen and oxygen atoms in total. The number of hydrogen-bond acceptors (Lipinski definition) is 3. The van der Waals surface area contributed by atoms with Crippen LogP contribution in [0.4, 0.5) is 10.1 Å². The normalized spacial score (nSPS) is 11.3. The third-order valence-corrected chi connectivity index (χ3v) is 3.86. The second-order valence-corrected chi connectivity index (χ2v) is 5.77. The molecule has 0 atom stereocenters. The average Bonchev–Trinajstić information content (AvgIpc) is 2.33. The van der Waals surface area contributed by atoms with Crippen molar-refractivity contribution >= 4 is 15.7 Å². The van der Waals surface area contributed by atoms with Crippen molar-refractivity contribution in [2.24, 2.45) is 0 Å². The highest BCUT2D eigenvalue weighted by atomic mass is 32.2. The van der Waals surface area contributed by atoms with E-state index in [9.17, 15) is 12.8 Å². The average molecular weight is 281 g/mol. The number of aryl methyl sites for hydroxylation is 1. The van der Waals surface area contributed by atoms with E-state index in [0.717, 1.165) is 17.7 Å². The smallest absolute Gasteiger partial charge is 0.261 e. The summed E-state index contributed by atoms with van der Waals surface area (Å²) in [5.41, 5.74) is 0.577. The molecule has 0 aliphatic rings. The largest absolute Gasteiger partial charge is 0.508 e. The van der Waals surface area contributed by atoms with Gasteiger partial charge in [0.15, 0.2) is 5.82 Å². The van der Waals surface area contributed by atoms with E-state index in [1.807, 2.05) is 0 Å². The first-order chi connectivity index (χ1) is 8.88. The van der Waals surface area contributed by atoms with Gasteiger partial charge in [0.1, 0.15) is 5.75 Å². The van der Waals surface area contributed by atoms with Crippen molar-refractivity contribution in [3.05, 3.63) is 53.8 Å². The summed E-state index contributed by atoms with van der Waals surface area (Å²) in [5, 5.41) is 9.07. The number of benzene rings is 2. The van der Waals surface area contributed by atoms with E-state index in [1.165, 1.54) is 18.2 Å². The van der Waals surface area contributed by atoms with Crippen LogP contribution in [0.15, 0.2) is 47.4 Å². The zero-order valence-corrected chi connectivity index (χ0v) is 10.9. The van der Waals surface area contributed by atoms with Crippen molar-refractivity contribution in [2.45, 2.75) is 11.8 Å². The van der Waals surface area contributed by atoms with Crippen LogP contribution in [-0.4, -0.2) is 13.5 Å². The summed E-state index contributed by atoms with van der Waals surface area (Å²) in [7, 11) is -3.84. The quantitative estimate of drug-likeness (QED) is 0.850. The van der Waals surface area contributed by atoms with Crippen molar-refractivity contribution in [2.75, 3.05) is 4.72 Å². The minimum atomic E-state index is -3.84. The van der Waals surface area contributed by atoms with Crippen LogP contribution in [0.25, 0.3) is 0 Å². The molecule has 0 spiro atoms. The summed E-state index contributed by atoms with van der Waals surface area (Å²) in [6.07, 6.45) is 0. The summed E-state index contributed by atoms with van der Waals surface area (Å²) in [6, 6.07) is 9.49. The van der Waals surface area contributed by atoms with Gasteiger partial charge in [0.25, 0.3) is 10.0 Å². The molecule has 0 saturated heterocycles. The van der Waals surface area contributed by atoms with Crippen LogP contribution in [0.1, 0.15) is 5.56 Å². The first-order valence-electron chi connectivity index (χ1n) is 5.46. The molecule has 0 unspecified atom stereocenters. The standard InChI is InChI=1S/C13H12FNO3S/c1-9-3-2-4-11(7-9)19(17,18)15-13-6-5-10(16)8-12(13)14/h2-8,15-16H,1H3. The van der Waals surface area contributed by atoms with Gasteiger partial charge in [-0.05, 0) is 36.8 Å². The van der Waals surface area contributed by atoms with Crippen LogP contribution in [0.3, 0.4) is 0 Å². The summed E-state index contributed by atoms with van der Waals surface area (Å²) >= 11 is 0. The Balaban J connectivity index is 2.36. The number of aromatic hydroxyl groups is 1. The van der Waals surface area contributed by atoms with Crippen LogP contribution >= 0.6 is 0 Å². The van der Waals surface area contributed by atoms with Crippen LogP contribution in [-0.2, 0) is 10.0 Å². The van der Waals surface area contributed by atoms with E-state index in [4.69, 9.17) is 5.11 Å². The summed E-state index contributed by atoms with van der Waals surface area (Å²) in [5.74, 6) is -1.10. The molecule has 0 heterocycles. The van der Waals surface area contributed by atoms with Gasteiger partial charge in [-0.25, -0.2) is 12.8 Å². The molecule has 6 heteroatoms. The molecule has 2 aromatic rings. The van der Waals surface area contributed by atoms with E-state index in [-0.39, 0.29) is 16.3 Å². The van der Waals surface area contributed by atoms with Crippen molar-refractivity contribution in [1.82, 2.24) is 0 Å². The number of halogens is 1. The number of anilines is 1. The van der Waals surface area contributed by atoms with Crippen molar-refractivity contribution in [3.63, 3.8) is 0 Å². The minimum Gasteiger partial charge on any atom is -0.508 e. The number of sulfonamides is 1. The monoisotopic (exact) mass is 281 g/mol. The highest BCUT2D eigenvalue weighted by Crippen LogP contribution is 2.22. The Hall–Kier alpha value is -2.08. The van der Waals surface area contributed by atoms with E-state index in [0.29, 0.717) is 0 Å². The van der Waals surface area contributed by atoms with Gasteiger partial charge in [-0.2, -0.15) is 0 Å². The first-order valence-corrected chi connectivity index (χ1v) is 6.95. The number of phenolic OH excluding ortho intramolecular Hbond substituents is 1. The molecular formula is C13H12FNO3S. The molecule has 0 radical (unpaired) electrons. The molecule has 0 fully saturated rings. The molecule has 2 N–H and O–H groups in total. The third-order valence-electron chi connectivity index (χ3n) is 2.50. The molecular weight excluding hydrogens is 269 g/mol. The molecule has 0 bridgehead atoms. The van der Waals surface area contributed by atoms with Crippen LogP contribution in [0.5, 0.6) is 5.75 Å². The summed E-state index contributed by atoms with van der Waals surface area (Å²) < 4.78 is 39.7. The van der Waals surface area contributed by atoms with Crippen LogP contribution in [0, 0.1) is 12.7 Å². The van der Waals surface area contributed by atoms with Gasteiger partial charge in [-0.3, -0.25) is 4.72 Å². The van der Waals surface area contributed by atoms with E-state index >= 15 is 0 Å². The Morgan fingerprint density at radius 2 is 1.89 bits per heavy atom. The first kappa shape index (κ1) is 13.4. The maximum absolute atomic E-state index is 13.5. The fraction of sp³-hybridized carbons (Fsp3) is 0.0769. The van der Waals surface area contributed by atoms with Gasteiger partial charge in [-0.1, -0.05) is 12.1 Å². The predicted octanol–water partition coefficient (Wildman–Crippen LogP) is 2.64. The van der Waals surface area contributed by atoms with Gasteiger partial charge in [0.05, 0.1) is 10.6 Å². The molecule has 2 rings (SSSR count). The van der Waals surface area contributed by atoms with Crippen molar-refractivity contribution in [3.8, 4) is 5.75 Å². The lowest BCUT2D eigenvalue weighted by atomic mass is 10.2. The molecule has 0 saturated carbocycles. The van der Waals surface area contributed by atoms with Crippen molar-refractivity contribution < 1.29 is 17.9 Å². The van der Waals surface area contributed by atoms with E-state index in [1.54, 1.807) is 19.1 Å². The maximum atomic E-state index is 13.5. The fourth-order valence-corrected chi connectivity index (χ4v) is 2.74. The Morgan fingerprint density at radius 1 is 1.16 bits per heavy atom. The molecule has 0 aliphatic carbocycles. The van der Waals surface area contributed by atoms with E-state index in [2.05, 4.69) is 4.72 Å². The SMILES string of the molecule is Cc1cccc(S(=O)(=O)Nc2ccc(O)cc2F)c1. The van der Waals surface area contributed by atoms with Crippen molar-refractivity contribution in [1.29, 1.82) is 0 Å². The van der Waals surface area contributed by atoms with Gasteiger partial charge in [0.2, 0.25) is 0 Å². The molecule has 0 aromatic heterocycles. The van der Waals surface area contributed by atoms with Gasteiger partial charge >= 0.3 is 0 Å². The lowest BCUT2D eigenvalue weighted by Gasteiger charge is -2.09. The van der Waals surface area contributed by atoms with Gasteiger partial charge in [0, 0.05) is 6.07 Å². The molecule has 19 heavy (non-hydrogen) atoms. The topological polar surface area (TPSA) is 66.4 Å². The highest BCUT2D eigenvalue weighted by molar-refractivity contribution is 7.92. The van der Waals surface area contributed by atoms with Gasteiger partial charge < -0.3 is 5.11 Å². The third kappa shape index (κ3) is 3.03. The fourth-order valence-electron chi connectivity index (χ4n) is 1.57. The number of phenols is 1. The molecule has 100 valence electrons. The Kier molecular flexibility index (Phi) is 3.44. The zero-order valence-electron chi connectivity index (χ0n) is 10.1. The summed E-state index contributed by atoms with van der Waals surface area (Å²) in [4.78, 5) is 0.0555. The molecule has 0 aliphatic heterocycles. The van der Waals surface area contributed by atoms with Crippen LogP contribution < -0.4 is 4.72 Å². The van der Waals surface area contributed by atoms with E-state index < -0.39 is 15.8 Å². The number of hydrogen-bond donors (Lipinski definition) is 2. The Bertz CT molecular complexity index is 714. The Morgan fingerprint density at radius 3 is 2.53 bits per heavy atom. The second kappa shape index (κ2) is 4.89. The summed E-state index contributed by atoms with van der Waals surface area (Å²) in [6.45, 7) is 1.76. The number of nitrogens with one attached hydrogen (secondary N) is 1. The highest BCUT2D eigenvalue weighted by Gasteiger charge is 2.16. The Labute approximate surface area is 110 Å². The zero-order chi connectivity index (χ0) is 14.0. The molecule has 2 aromatic carbocycles. The predicted molar refractivity (Wildman–Crippen MR) is 70.1 cm³/mol. The number of rotatable bonds is 3.